The topological polar surface area (TPSA) is 72.5 Å². The Morgan fingerprint density at radius 2 is 1.68 bits per heavy atom. The molecule has 0 aromatic heterocycles. The van der Waals surface area contributed by atoms with E-state index >= 15 is 0 Å². The molecule has 0 aliphatic carbocycles. The van der Waals surface area contributed by atoms with Crippen LogP contribution in [-0.4, -0.2) is 32.4 Å². The van der Waals surface area contributed by atoms with Crippen molar-refractivity contribution in [2.45, 2.75) is 39.2 Å². The lowest BCUT2D eigenvalue weighted by atomic mass is 10.1. The van der Waals surface area contributed by atoms with E-state index in [0.717, 1.165) is 29.7 Å². The van der Waals surface area contributed by atoms with E-state index in [1.807, 2.05) is 61.5 Å². The highest BCUT2D eigenvalue weighted by molar-refractivity contribution is 7.92. The van der Waals surface area contributed by atoms with Gasteiger partial charge >= 0.3 is 0 Å². The Kier molecular flexibility index (Phi) is 9.01. The summed E-state index contributed by atoms with van der Waals surface area (Å²) in [5.74, 6) is 0.0101. The van der Waals surface area contributed by atoms with Gasteiger partial charge in [-0.3, -0.25) is 4.79 Å². The molecule has 0 heterocycles. The number of rotatable bonds is 12. The van der Waals surface area contributed by atoms with Crippen LogP contribution in [0.4, 0.5) is 0 Å². The molecule has 6 heteroatoms. The Morgan fingerprint density at radius 1 is 0.964 bits per heavy atom. The van der Waals surface area contributed by atoms with Crippen LogP contribution in [0.3, 0.4) is 0 Å². The zero-order valence-electron chi connectivity index (χ0n) is 16.4. The smallest absolute Gasteiger partial charge is 0.235 e. The third-order valence-corrected chi connectivity index (χ3v) is 5.93. The Hall–Kier alpha value is -2.34. The highest BCUT2D eigenvalue weighted by atomic mass is 32.2. The van der Waals surface area contributed by atoms with E-state index in [2.05, 4.69) is 5.32 Å². The lowest BCUT2D eigenvalue weighted by Crippen LogP contribution is -2.32. The van der Waals surface area contributed by atoms with Gasteiger partial charge in [-0.05, 0) is 36.1 Å². The molecular weight excluding hydrogens is 374 g/mol. The van der Waals surface area contributed by atoms with Gasteiger partial charge in [-0.2, -0.15) is 0 Å². The van der Waals surface area contributed by atoms with Gasteiger partial charge in [0, 0.05) is 6.54 Å². The first-order chi connectivity index (χ1) is 13.5. The maximum atomic E-state index is 11.9. The van der Waals surface area contributed by atoms with E-state index in [1.165, 1.54) is 0 Å². The molecule has 2 aromatic carbocycles. The average Bonchev–Trinajstić information content (AvgIpc) is 2.68. The summed E-state index contributed by atoms with van der Waals surface area (Å²) in [6.45, 7) is 2.94. The summed E-state index contributed by atoms with van der Waals surface area (Å²) < 4.78 is 29.5. The molecule has 1 amide bonds. The van der Waals surface area contributed by atoms with Gasteiger partial charge in [-0.1, -0.05) is 62.2 Å². The van der Waals surface area contributed by atoms with Crippen molar-refractivity contribution in [2.75, 3.05) is 18.1 Å². The van der Waals surface area contributed by atoms with Crippen LogP contribution in [0.25, 0.3) is 0 Å². The van der Waals surface area contributed by atoms with Crippen molar-refractivity contribution in [3.8, 4) is 5.75 Å². The Morgan fingerprint density at radius 3 is 2.36 bits per heavy atom. The summed E-state index contributed by atoms with van der Waals surface area (Å²) in [6.07, 6.45) is 3.08. The fourth-order valence-electron chi connectivity index (χ4n) is 2.73. The lowest BCUT2D eigenvalue weighted by Gasteiger charge is -2.08. The number of sulfone groups is 1. The SMILES string of the molecule is CCCCCS(=O)(=O)CC(=O)NCCc1ccc(OCc2ccccc2)cc1. The molecule has 0 spiro atoms. The van der Waals surface area contributed by atoms with Gasteiger partial charge in [-0.25, -0.2) is 8.42 Å². The molecule has 0 unspecified atom stereocenters. The fraction of sp³-hybridized carbons (Fsp3) is 0.409. The number of amides is 1. The predicted octanol–water partition coefficient (Wildman–Crippen LogP) is 3.53. The molecule has 0 atom stereocenters. The van der Waals surface area contributed by atoms with Gasteiger partial charge in [0.2, 0.25) is 5.91 Å². The maximum Gasteiger partial charge on any atom is 0.235 e. The number of carbonyl (C=O) groups is 1. The highest BCUT2D eigenvalue weighted by Crippen LogP contribution is 2.14. The largest absolute Gasteiger partial charge is 0.489 e. The van der Waals surface area contributed by atoms with Crippen molar-refractivity contribution >= 4 is 15.7 Å². The first-order valence-corrected chi connectivity index (χ1v) is 11.5. The van der Waals surface area contributed by atoms with E-state index in [-0.39, 0.29) is 5.75 Å². The van der Waals surface area contributed by atoms with Crippen LogP contribution in [0.5, 0.6) is 5.75 Å². The van der Waals surface area contributed by atoms with Gasteiger partial charge in [-0.15, -0.1) is 0 Å². The van der Waals surface area contributed by atoms with Gasteiger partial charge < -0.3 is 10.1 Å². The molecule has 0 aliphatic rings. The molecule has 0 bridgehead atoms. The molecule has 0 saturated heterocycles. The number of ether oxygens (including phenoxy) is 1. The first-order valence-electron chi connectivity index (χ1n) is 9.71. The van der Waals surface area contributed by atoms with Crippen LogP contribution in [0, 0.1) is 0 Å². The number of unbranched alkanes of at least 4 members (excludes halogenated alkanes) is 2. The van der Waals surface area contributed by atoms with Crippen LogP contribution < -0.4 is 10.1 Å². The Labute approximate surface area is 168 Å². The Bertz CT molecular complexity index is 817. The van der Waals surface area contributed by atoms with E-state index in [1.54, 1.807) is 0 Å². The van der Waals surface area contributed by atoms with Crippen LogP contribution in [-0.2, 0) is 27.7 Å². The normalized spacial score (nSPS) is 11.2. The Balaban J connectivity index is 1.69. The van der Waals surface area contributed by atoms with Gasteiger partial charge in [0.25, 0.3) is 0 Å². The van der Waals surface area contributed by atoms with E-state index in [4.69, 9.17) is 4.74 Å². The third-order valence-electron chi connectivity index (χ3n) is 4.32. The molecular formula is C22H29NO4S. The predicted molar refractivity (Wildman–Crippen MR) is 112 cm³/mol. The quantitative estimate of drug-likeness (QED) is 0.550. The van der Waals surface area contributed by atoms with E-state index in [0.29, 0.717) is 26.0 Å². The van der Waals surface area contributed by atoms with Gasteiger partial charge in [0.15, 0.2) is 9.84 Å². The van der Waals surface area contributed by atoms with Gasteiger partial charge in [0.1, 0.15) is 18.1 Å². The monoisotopic (exact) mass is 403 g/mol. The first kappa shape index (κ1) is 22.0. The van der Waals surface area contributed by atoms with E-state index < -0.39 is 21.5 Å². The second kappa shape index (κ2) is 11.5. The van der Waals surface area contributed by atoms with Crippen LogP contribution in [0.15, 0.2) is 54.6 Å². The van der Waals surface area contributed by atoms with Crippen LogP contribution in [0.2, 0.25) is 0 Å². The third kappa shape index (κ3) is 8.57. The lowest BCUT2D eigenvalue weighted by molar-refractivity contribution is -0.118. The average molecular weight is 404 g/mol. The van der Waals surface area contributed by atoms with Crippen LogP contribution in [0.1, 0.15) is 37.3 Å². The maximum absolute atomic E-state index is 11.9. The van der Waals surface area contributed by atoms with Crippen molar-refractivity contribution in [3.63, 3.8) is 0 Å². The number of hydrogen-bond donors (Lipinski definition) is 1. The molecule has 2 aromatic rings. The second-order valence-electron chi connectivity index (χ2n) is 6.82. The summed E-state index contributed by atoms with van der Waals surface area (Å²) in [4.78, 5) is 11.8. The number of nitrogens with one attached hydrogen (secondary N) is 1. The zero-order chi connectivity index (χ0) is 20.2. The minimum atomic E-state index is -3.31. The summed E-state index contributed by atoms with van der Waals surface area (Å²) in [7, 11) is -3.31. The molecule has 0 fully saturated rings. The molecule has 0 aliphatic heterocycles. The number of hydrogen-bond acceptors (Lipinski definition) is 4. The summed E-state index contributed by atoms with van der Waals surface area (Å²) in [5.41, 5.74) is 2.16. The van der Waals surface area contributed by atoms with Crippen LogP contribution >= 0.6 is 0 Å². The molecule has 5 nitrogen and oxygen atoms in total. The number of carbonyl (C=O) groups excluding carboxylic acids is 1. The molecule has 1 N–H and O–H groups in total. The molecule has 0 radical (unpaired) electrons. The minimum absolute atomic E-state index is 0.0820. The van der Waals surface area contributed by atoms with Crippen molar-refractivity contribution in [1.82, 2.24) is 5.32 Å². The van der Waals surface area contributed by atoms with Crippen molar-refractivity contribution in [2.24, 2.45) is 0 Å². The summed E-state index contributed by atoms with van der Waals surface area (Å²) >= 11 is 0. The zero-order valence-corrected chi connectivity index (χ0v) is 17.2. The van der Waals surface area contributed by atoms with Gasteiger partial charge in [0.05, 0.1) is 5.75 Å². The molecule has 152 valence electrons. The second-order valence-corrected chi connectivity index (χ2v) is 9.00. The molecule has 2 rings (SSSR count). The fourth-order valence-corrected chi connectivity index (χ4v) is 4.02. The van der Waals surface area contributed by atoms with Crippen molar-refractivity contribution in [3.05, 3.63) is 65.7 Å². The molecule has 0 saturated carbocycles. The highest BCUT2D eigenvalue weighted by Gasteiger charge is 2.15. The van der Waals surface area contributed by atoms with Crippen molar-refractivity contribution in [1.29, 1.82) is 0 Å². The minimum Gasteiger partial charge on any atom is -0.489 e. The summed E-state index contributed by atoms with van der Waals surface area (Å²) in [6, 6.07) is 17.7. The standard InChI is InChI=1S/C22H29NO4S/c1-2-3-7-16-28(25,26)18-22(24)23-15-14-19-10-12-21(13-11-19)27-17-20-8-5-4-6-9-20/h4-6,8-13H,2-3,7,14-18H2,1H3,(H,23,24). The summed E-state index contributed by atoms with van der Waals surface area (Å²) in [5, 5.41) is 2.69. The number of benzene rings is 2. The van der Waals surface area contributed by atoms with E-state index in [9.17, 15) is 13.2 Å². The van der Waals surface area contributed by atoms with Crippen molar-refractivity contribution < 1.29 is 17.9 Å². The molecule has 28 heavy (non-hydrogen) atoms.